The molecular weight excluding hydrogens is 362 g/mol. The number of rotatable bonds is 10. The van der Waals surface area contributed by atoms with Gasteiger partial charge >= 0.3 is 0 Å². The Bertz CT molecular complexity index is 468. The number of amides is 3. The number of likely N-dealkylation sites (N-methyl/N-ethyl adjacent to an activating group) is 2. The Kier molecular flexibility index (Phi) is 9.59. The second kappa shape index (κ2) is 10.0. The smallest absolute Gasteiger partial charge is 0.279 e. The van der Waals surface area contributed by atoms with Crippen LogP contribution in [0.1, 0.15) is 20.8 Å². The Labute approximate surface area is 150 Å². The van der Waals surface area contributed by atoms with Gasteiger partial charge in [-0.2, -0.15) is 25.3 Å². The third-order valence-electron chi connectivity index (χ3n) is 2.96. The van der Waals surface area contributed by atoms with Crippen molar-refractivity contribution in [2.24, 2.45) is 0 Å². The van der Waals surface area contributed by atoms with Crippen molar-refractivity contribution in [1.82, 2.24) is 21.3 Å². The lowest BCUT2D eigenvalue weighted by Gasteiger charge is -2.29. The van der Waals surface area contributed by atoms with E-state index in [2.05, 4.69) is 41.2 Å². The van der Waals surface area contributed by atoms with Gasteiger partial charge in [0.2, 0.25) is 11.7 Å². The summed E-state index contributed by atoms with van der Waals surface area (Å²) >= 11 is 7.62. The van der Waals surface area contributed by atoms with Crippen LogP contribution in [0, 0.1) is 0 Å². The van der Waals surface area contributed by atoms with Crippen LogP contribution in [-0.2, 0) is 14.4 Å². The molecule has 0 aromatic rings. The topological polar surface area (TPSA) is 99.3 Å². The Morgan fingerprint density at radius 3 is 2.08 bits per heavy atom. The van der Waals surface area contributed by atoms with Crippen LogP contribution in [0.5, 0.6) is 0 Å². The summed E-state index contributed by atoms with van der Waals surface area (Å²) in [5, 5.41) is 8.47. The lowest BCUT2D eigenvalue weighted by molar-refractivity contribution is -0.146. The predicted molar refractivity (Wildman–Crippen MR) is 93.5 cm³/mol. The average molecular weight is 386 g/mol. The molecule has 11 heteroatoms. The van der Waals surface area contributed by atoms with Crippen molar-refractivity contribution in [3.05, 3.63) is 0 Å². The van der Waals surface area contributed by atoms with E-state index in [9.17, 15) is 23.2 Å². The van der Waals surface area contributed by atoms with Crippen molar-refractivity contribution < 1.29 is 23.2 Å². The zero-order valence-corrected chi connectivity index (χ0v) is 15.6. The number of hydrogen-bond donors (Lipinski definition) is 6. The largest absolute Gasteiger partial charge is 0.355 e. The number of carbonyl (C=O) groups is 3. The van der Waals surface area contributed by atoms with Crippen molar-refractivity contribution in [3.63, 3.8) is 0 Å². The average Bonchev–Trinajstić information content (AvgIpc) is 2.51. The molecule has 0 aliphatic carbocycles. The first-order chi connectivity index (χ1) is 11.1. The van der Waals surface area contributed by atoms with Gasteiger partial charge in [0.05, 0.1) is 0 Å². The molecule has 0 radical (unpaired) electrons. The molecule has 4 N–H and O–H groups in total. The summed E-state index contributed by atoms with van der Waals surface area (Å²) in [7, 11) is 0. The molecule has 7 nitrogen and oxygen atoms in total. The van der Waals surface area contributed by atoms with Gasteiger partial charge in [-0.1, -0.05) is 6.92 Å². The van der Waals surface area contributed by atoms with Crippen LogP contribution in [0.3, 0.4) is 0 Å². The van der Waals surface area contributed by atoms with Crippen LogP contribution in [0.4, 0.5) is 8.78 Å². The van der Waals surface area contributed by atoms with E-state index in [0.717, 1.165) is 6.92 Å². The van der Waals surface area contributed by atoms with E-state index in [1.165, 1.54) is 0 Å². The normalized spacial score (nSPS) is 17.1. The van der Waals surface area contributed by atoms with Gasteiger partial charge < -0.3 is 16.0 Å². The molecule has 0 spiro atoms. The molecule has 3 amide bonds. The third-order valence-corrected chi connectivity index (χ3v) is 3.77. The van der Waals surface area contributed by atoms with E-state index in [4.69, 9.17) is 0 Å². The molecule has 0 rings (SSSR count). The minimum absolute atomic E-state index is 0.0807. The van der Waals surface area contributed by atoms with Gasteiger partial charge in [-0.05, 0) is 20.4 Å². The summed E-state index contributed by atoms with van der Waals surface area (Å²) < 4.78 is 28.8. The van der Waals surface area contributed by atoms with Crippen molar-refractivity contribution in [2.75, 3.05) is 24.6 Å². The fourth-order valence-electron chi connectivity index (χ4n) is 1.64. The van der Waals surface area contributed by atoms with Crippen molar-refractivity contribution in [1.29, 1.82) is 0 Å². The summed E-state index contributed by atoms with van der Waals surface area (Å²) in [4.78, 5) is 35.5. The van der Waals surface area contributed by atoms with Gasteiger partial charge in [-0.3, -0.25) is 19.7 Å². The van der Waals surface area contributed by atoms with Gasteiger partial charge in [0.25, 0.3) is 17.6 Å². The maximum absolute atomic E-state index is 14.5. The summed E-state index contributed by atoms with van der Waals surface area (Å²) in [5.41, 5.74) is 0. The zero-order chi connectivity index (χ0) is 19.0. The summed E-state index contributed by atoms with van der Waals surface area (Å²) in [5.74, 6) is -9.41. The van der Waals surface area contributed by atoms with Crippen LogP contribution in [0.2, 0.25) is 0 Å². The molecular formula is C13H24F2N4O3S2. The number of alkyl halides is 2. The Morgan fingerprint density at radius 2 is 1.67 bits per heavy atom. The lowest BCUT2D eigenvalue weighted by atomic mass is 10.2. The number of nitrogens with one attached hydrogen (secondary N) is 4. The number of halogens is 2. The van der Waals surface area contributed by atoms with E-state index in [-0.39, 0.29) is 12.3 Å². The number of carbonyl (C=O) groups excluding carboxylic acids is 3. The minimum atomic E-state index is -2.93. The summed E-state index contributed by atoms with van der Waals surface area (Å²) in [6.07, 6.45) is 0. The fourth-order valence-corrected chi connectivity index (χ4v) is 2.16. The number of hydrogen-bond acceptors (Lipinski definition) is 6. The molecule has 0 aromatic carbocycles. The Balaban J connectivity index is 5.00. The molecule has 140 valence electrons. The predicted octanol–water partition coefficient (Wildman–Crippen LogP) is -0.456. The standard InChI is InChI=1S/C13H24F2N4O3S2/c1-4-16-9(20)8(6-23)18-10(21)12(3,14)19-11(22)13(15,7-24)17-5-2/h8,17,23-24H,4-7H2,1-3H3,(H,16,20)(H,18,21)(H,19,22)/t8-,12-,13-/m0/s1. The van der Waals surface area contributed by atoms with Crippen LogP contribution in [0.25, 0.3) is 0 Å². The lowest BCUT2D eigenvalue weighted by Crippen LogP contribution is -2.64. The van der Waals surface area contributed by atoms with Crippen LogP contribution < -0.4 is 21.3 Å². The molecule has 0 aliphatic rings. The molecule has 0 saturated heterocycles. The van der Waals surface area contributed by atoms with E-state index in [1.807, 2.05) is 0 Å². The molecule has 0 bridgehead atoms. The first-order valence-electron chi connectivity index (χ1n) is 7.33. The minimum Gasteiger partial charge on any atom is -0.355 e. The number of thiol groups is 2. The van der Waals surface area contributed by atoms with Crippen molar-refractivity contribution >= 4 is 43.0 Å². The maximum atomic E-state index is 14.5. The first-order valence-corrected chi connectivity index (χ1v) is 8.60. The van der Waals surface area contributed by atoms with Crippen LogP contribution in [0.15, 0.2) is 0 Å². The van der Waals surface area contributed by atoms with E-state index in [0.29, 0.717) is 6.54 Å². The van der Waals surface area contributed by atoms with Crippen LogP contribution >= 0.6 is 25.3 Å². The molecule has 0 aromatic heterocycles. The highest BCUT2D eigenvalue weighted by Gasteiger charge is 2.44. The first kappa shape index (κ1) is 22.9. The van der Waals surface area contributed by atoms with Gasteiger partial charge in [0.1, 0.15) is 6.04 Å². The molecule has 0 unspecified atom stereocenters. The second-order valence-electron chi connectivity index (χ2n) is 5.05. The van der Waals surface area contributed by atoms with Crippen molar-refractivity contribution in [2.45, 2.75) is 38.4 Å². The van der Waals surface area contributed by atoms with E-state index >= 15 is 0 Å². The SMILES string of the molecule is CCNC(=O)[C@H](CS)NC(=O)[C@@](C)(F)NC(=O)[C@](F)(CS)NCC. The Hall–Kier alpha value is -1.07. The maximum Gasteiger partial charge on any atom is 0.279 e. The highest BCUT2D eigenvalue weighted by molar-refractivity contribution is 7.80. The van der Waals surface area contributed by atoms with E-state index < -0.39 is 41.1 Å². The Morgan fingerprint density at radius 1 is 1.08 bits per heavy atom. The van der Waals surface area contributed by atoms with Gasteiger partial charge in [-0.15, -0.1) is 0 Å². The summed E-state index contributed by atoms with van der Waals surface area (Å²) in [6.45, 7) is 4.39. The van der Waals surface area contributed by atoms with Gasteiger partial charge in [0.15, 0.2) is 0 Å². The fraction of sp³-hybridized carbons (Fsp3) is 0.769. The molecule has 0 heterocycles. The van der Waals surface area contributed by atoms with E-state index in [1.54, 1.807) is 19.2 Å². The van der Waals surface area contributed by atoms with Crippen molar-refractivity contribution in [3.8, 4) is 0 Å². The van der Waals surface area contributed by atoms with Gasteiger partial charge in [-0.25, -0.2) is 8.78 Å². The third kappa shape index (κ3) is 6.44. The van der Waals surface area contributed by atoms with Gasteiger partial charge in [0, 0.05) is 18.1 Å². The molecule has 0 fully saturated rings. The second-order valence-corrected chi connectivity index (χ2v) is 5.73. The molecule has 0 saturated carbocycles. The monoisotopic (exact) mass is 386 g/mol. The molecule has 0 aliphatic heterocycles. The highest BCUT2D eigenvalue weighted by atomic mass is 32.1. The molecule has 3 atom stereocenters. The van der Waals surface area contributed by atoms with Crippen LogP contribution in [-0.4, -0.2) is 59.9 Å². The summed E-state index contributed by atoms with van der Waals surface area (Å²) in [6, 6.07) is -1.10. The zero-order valence-electron chi connectivity index (χ0n) is 13.8. The quantitative estimate of drug-likeness (QED) is 0.226. The highest BCUT2D eigenvalue weighted by Crippen LogP contribution is 2.14. The molecule has 24 heavy (non-hydrogen) atoms.